The number of aromatic hydroxyl groups is 2. The van der Waals surface area contributed by atoms with E-state index in [0.717, 1.165) is 51.4 Å². The summed E-state index contributed by atoms with van der Waals surface area (Å²) in [6.07, 6.45) is 11.7. The molecule has 2 aromatic carbocycles. The quantitative estimate of drug-likeness (QED) is 0.174. The van der Waals surface area contributed by atoms with Gasteiger partial charge in [-0.3, -0.25) is 9.59 Å². The first-order valence-corrected chi connectivity index (χ1v) is 11.8. The van der Waals surface area contributed by atoms with Crippen LogP contribution in [0.2, 0.25) is 0 Å². The lowest BCUT2D eigenvalue weighted by Gasteiger charge is -2.03. The van der Waals surface area contributed by atoms with Gasteiger partial charge in [0.15, 0.2) is 0 Å². The predicted molar refractivity (Wildman–Crippen MR) is 134 cm³/mol. The summed E-state index contributed by atoms with van der Waals surface area (Å²) in [5, 5.41) is 27.0. The summed E-state index contributed by atoms with van der Waals surface area (Å²) in [5.74, 6) is -0.0120. The van der Waals surface area contributed by atoms with Crippen molar-refractivity contribution < 1.29 is 19.8 Å². The molecule has 0 aliphatic rings. The highest BCUT2D eigenvalue weighted by atomic mass is 16.3. The summed E-state index contributed by atoms with van der Waals surface area (Å²) in [7, 11) is 0. The van der Waals surface area contributed by atoms with Crippen molar-refractivity contribution in [3.05, 3.63) is 59.7 Å². The second-order valence-corrected chi connectivity index (χ2v) is 8.03. The highest BCUT2D eigenvalue weighted by Crippen LogP contribution is 2.14. The van der Waals surface area contributed by atoms with Gasteiger partial charge in [0.05, 0.1) is 12.4 Å². The molecule has 0 aliphatic carbocycles. The molecule has 2 rings (SSSR count). The Morgan fingerprint density at radius 3 is 1.35 bits per heavy atom. The average Bonchev–Trinajstić information content (AvgIpc) is 2.82. The van der Waals surface area contributed by atoms with Crippen molar-refractivity contribution in [2.75, 3.05) is 0 Å². The number of carbonyl (C=O) groups is 2. The Bertz CT molecular complexity index is 882. The molecule has 0 bridgehead atoms. The first-order chi connectivity index (χ1) is 16.6. The van der Waals surface area contributed by atoms with Gasteiger partial charge in [-0.05, 0) is 37.1 Å². The molecule has 0 aliphatic heterocycles. The molecule has 0 radical (unpaired) electrons. The fraction of sp³-hybridized carbons (Fsp3) is 0.385. The van der Waals surface area contributed by atoms with E-state index >= 15 is 0 Å². The Balaban J connectivity index is 1.40. The van der Waals surface area contributed by atoms with Crippen LogP contribution < -0.4 is 10.9 Å². The second-order valence-electron chi connectivity index (χ2n) is 8.03. The van der Waals surface area contributed by atoms with Crippen molar-refractivity contribution in [2.24, 2.45) is 10.2 Å². The zero-order valence-electron chi connectivity index (χ0n) is 19.4. The van der Waals surface area contributed by atoms with E-state index in [1.54, 1.807) is 48.5 Å². The summed E-state index contributed by atoms with van der Waals surface area (Å²) in [5.41, 5.74) is 6.08. The molecule has 0 heterocycles. The standard InChI is InChI=1S/C26H34N4O4/c31-23-15-11-9-13-21(23)19-27-29-25(33)17-7-5-3-1-2-4-6-8-18-26(34)30-28-20-22-14-10-12-16-24(22)32/h9-16,19-20,31-32H,1-8,17-18H2,(H,29,33)(H,30,34)/b27-19-,28-20-. The van der Waals surface area contributed by atoms with Crippen LogP contribution in [0.3, 0.4) is 0 Å². The zero-order chi connectivity index (χ0) is 24.4. The molecule has 0 saturated carbocycles. The van der Waals surface area contributed by atoms with Crippen molar-refractivity contribution in [1.82, 2.24) is 10.9 Å². The van der Waals surface area contributed by atoms with Gasteiger partial charge in [0, 0.05) is 24.0 Å². The summed E-state index contributed by atoms with van der Waals surface area (Å²) < 4.78 is 0. The monoisotopic (exact) mass is 466 g/mol. The third-order valence-electron chi connectivity index (χ3n) is 5.22. The molecule has 4 N–H and O–H groups in total. The Morgan fingerprint density at radius 2 is 0.971 bits per heavy atom. The van der Waals surface area contributed by atoms with Crippen molar-refractivity contribution in [1.29, 1.82) is 0 Å². The Morgan fingerprint density at radius 1 is 0.618 bits per heavy atom. The van der Waals surface area contributed by atoms with Crippen molar-refractivity contribution >= 4 is 24.2 Å². The summed E-state index contributed by atoms with van der Waals surface area (Å²) in [4.78, 5) is 23.6. The van der Waals surface area contributed by atoms with E-state index in [1.165, 1.54) is 12.4 Å². The Hall–Kier alpha value is -3.68. The molecule has 0 fully saturated rings. The maximum absolute atomic E-state index is 11.8. The number of carbonyl (C=O) groups excluding carboxylic acids is 2. The van der Waals surface area contributed by atoms with Gasteiger partial charge in [-0.25, -0.2) is 10.9 Å². The number of amides is 2. The number of benzene rings is 2. The molecule has 0 aromatic heterocycles. The van der Waals surface area contributed by atoms with Gasteiger partial charge in [0.25, 0.3) is 0 Å². The third-order valence-corrected chi connectivity index (χ3v) is 5.22. The zero-order valence-corrected chi connectivity index (χ0v) is 19.4. The lowest BCUT2D eigenvalue weighted by atomic mass is 10.1. The molecule has 182 valence electrons. The number of phenols is 2. The smallest absolute Gasteiger partial charge is 0.240 e. The highest BCUT2D eigenvalue weighted by Gasteiger charge is 2.02. The molecule has 8 heteroatoms. The molecule has 2 aromatic rings. The number of hydrazone groups is 2. The van der Waals surface area contributed by atoms with Crippen LogP contribution >= 0.6 is 0 Å². The number of rotatable bonds is 15. The normalized spacial score (nSPS) is 11.2. The van der Waals surface area contributed by atoms with Gasteiger partial charge in [-0.1, -0.05) is 62.8 Å². The van der Waals surface area contributed by atoms with E-state index in [9.17, 15) is 19.8 Å². The van der Waals surface area contributed by atoms with E-state index in [1.807, 2.05) is 0 Å². The first-order valence-electron chi connectivity index (χ1n) is 11.8. The van der Waals surface area contributed by atoms with Crippen LogP contribution in [0.5, 0.6) is 11.5 Å². The summed E-state index contributed by atoms with van der Waals surface area (Å²) in [6.45, 7) is 0. The average molecular weight is 467 g/mol. The van der Waals surface area contributed by atoms with Gasteiger partial charge in [0.2, 0.25) is 11.8 Å². The lowest BCUT2D eigenvalue weighted by molar-refractivity contribution is -0.122. The van der Waals surface area contributed by atoms with Crippen LogP contribution in [-0.2, 0) is 9.59 Å². The van der Waals surface area contributed by atoms with Gasteiger partial charge < -0.3 is 10.2 Å². The molecule has 2 amide bonds. The predicted octanol–water partition coefficient (Wildman–Crippen LogP) is 4.60. The fourth-order valence-electron chi connectivity index (χ4n) is 3.28. The fourth-order valence-corrected chi connectivity index (χ4v) is 3.28. The van der Waals surface area contributed by atoms with Gasteiger partial charge >= 0.3 is 0 Å². The van der Waals surface area contributed by atoms with Crippen LogP contribution in [0.4, 0.5) is 0 Å². The molecular weight excluding hydrogens is 432 g/mol. The number of hydrogen-bond acceptors (Lipinski definition) is 6. The second kappa shape index (κ2) is 16.0. The van der Waals surface area contributed by atoms with Crippen LogP contribution in [0, 0.1) is 0 Å². The number of unbranched alkanes of at least 4 members (excludes halogenated alkanes) is 7. The Labute approximate surface area is 200 Å². The van der Waals surface area contributed by atoms with E-state index in [2.05, 4.69) is 21.1 Å². The van der Waals surface area contributed by atoms with Crippen LogP contribution in [0.25, 0.3) is 0 Å². The maximum Gasteiger partial charge on any atom is 0.240 e. The number of para-hydroxylation sites is 2. The summed E-state index contributed by atoms with van der Waals surface area (Å²) in [6, 6.07) is 13.6. The molecular formula is C26H34N4O4. The number of nitrogens with zero attached hydrogens (tertiary/aromatic N) is 2. The van der Waals surface area contributed by atoms with E-state index in [-0.39, 0.29) is 23.3 Å². The topological polar surface area (TPSA) is 123 Å². The Kier molecular flexibility index (Phi) is 12.5. The van der Waals surface area contributed by atoms with Crippen LogP contribution in [0.15, 0.2) is 58.7 Å². The van der Waals surface area contributed by atoms with Gasteiger partial charge in [-0.2, -0.15) is 10.2 Å². The minimum absolute atomic E-state index is 0.124. The molecule has 8 nitrogen and oxygen atoms in total. The van der Waals surface area contributed by atoms with Gasteiger partial charge in [-0.15, -0.1) is 0 Å². The van der Waals surface area contributed by atoms with Crippen LogP contribution in [-0.4, -0.2) is 34.5 Å². The van der Waals surface area contributed by atoms with Crippen molar-refractivity contribution in [3.8, 4) is 11.5 Å². The van der Waals surface area contributed by atoms with E-state index < -0.39 is 0 Å². The lowest BCUT2D eigenvalue weighted by Crippen LogP contribution is -2.16. The molecule has 34 heavy (non-hydrogen) atoms. The SMILES string of the molecule is O=C(CCCCCCCCCCC(=O)N/N=C\c1ccccc1O)N/N=C\c1ccccc1O. The number of phenolic OH excluding ortho intramolecular Hbond substituents is 2. The first kappa shape index (κ1) is 26.6. The van der Waals surface area contributed by atoms with Gasteiger partial charge in [0.1, 0.15) is 11.5 Å². The molecule has 0 saturated heterocycles. The van der Waals surface area contributed by atoms with E-state index in [4.69, 9.17) is 0 Å². The minimum Gasteiger partial charge on any atom is -0.507 e. The van der Waals surface area contributed by atoms with Crippen molar-refractivity contribution in [2.45, 2.75) is 64.2 Å². The molecule has 0 spiro atoms. The van der Waals surface area contributed by atoms with Crippen molar-refractivity contribution in [3.63, 3.8) is 0 Å². The third kappa shape index (κ3) is 11.3. The van der Waals surface area contributed by atoms with Crippen LogP contribution in [0.1, 0.15) is 75.3 Å². The highest BCUT2D eigenvalue weighted by molar-refractivity contribution is 5.85. The molecule has 0 atom stereocenters. The minimum atomic E-state index is -0.130. The summed E-state index contributed by atoms with van der Waals surface area (Å²) >= 11 is 0. The largest absolute Gasteiger partial charge is 0.507 e. The van der Waals surface area contributed by atoms with E-state index in [0.29, 0.717) is 24.0 Å². The number of hydrogen-bond donors (Lipinski definition) is 4. The maximum atomic E-state index is 11.8. The molecule has 0 unspecified atom stereocenters. The number of nitrogens with one attached hydrogen (secondary N) is 2.